The Morgan fingerprint density at radius 1 is 0.763 bits per heavy atom. The Morgan fingerprint density at radius 3 is 2.13 bits per heavy atom. The topological polar surface area (TPSA) is 116 Å². The lowest BCUT2D eigenvalue weighted by Crippen LogP contribution is -2.29. The highest BCUT2D eigenvalue weighted by molar-refractivity contribution is 6.34. The molecule has 0 unspecified atom stereocenters. The van der Waals surface area contributed by atoms with E-state index in [-0.39, 0.29) is 34.5 Å². The first-order valence-electron chi connectivity index (χ1n) is 12.0. The number of carbonyl (C=O) groups excluding carboxylic acids is 5. The molecule has 1 heterocycles. The maximum atomic E-state index is 13.2. The third-order valence-electron chi connectivity index (χ3n) is 5.94. The monoisotopic (exact) mass is 515 g/mol. The van der Waals surface area contributed by atoms with Crippen LogP contribution < -0.4 is 9.64 Å². The van der Waals surface area contributed by atoms with Gasteiger partial charge >= 0.3 is 11.9 Å². The number of anilines is 1. The van der Waals surface area contributed by atoms with Crippen molar-refractivity contribution in [2.45, 2.75) is 19.8 Å². The number of methoxy groups -OCH3 is 1. The Hall–Kier alpha value is -4.79. The van der Waals surface area contributed by atoms with Crippen molar-refractivity contribution in [3.8, 4) is 5.75 Å². The Kier molecular flexibility index (Phi) is 7.96. The molecule has 0 saturated carbocycles. The molecule has 194 valence electrons. The molecule has 0 spiro atoms. The molecular weight excluding hydrogens is 490 g/mol. The van der Waals surface area contributed by atoms with E-state index >= 15 is 0 Å². The SMILES string of the molecule is CCCCOC(=O)c1cccc(N2C(=O)c3ccc(C(=O)OCC(=O)c4ccc(OC)cc4)cc3C2=O)c1. The molecule has 0 saturated heterocycles. The molecule has 4 rings (SSSR count). The van der Waals surface area contributed by atoms with Crippen LogP contribution in [0.5, 0.6) is 5.75 Å². The number of unbranched alkanes of at least 4 members (excludes halogenated alkanes) is 1. The van der Waals surface area contributed by atoms with Gasteiger partial charge in [-0.25, -0.2) is 14.5 Å². The predicted octanol–water partition coefficient (Wildman–Crippen LogP) is 4.49. The lowest BCUT2D eigenvalue weighted by molar-refractivity contribution is 0.0473. The van der Waals surface area contributed by atoms with Crippen LogP contribution in [0, 0.1) is 0 Å². The maximum Gasteiger partial charge on any atom is 0.338 e. The molecule has 9 nitrogen and oxygen atoms in total. The second kappa shape index (κ2) is 11.5. The van der Waals surface area contributed by atoms with Crippen LogP contribution in [0.4, 0.5) is 5.69 Å². The Bertz CT molecular complexity index is 1410. The zero-order chi connectivity index (χ0) is 27.2. The maximum absolute atomic E-state index is 13.2. The summed E-state index contributed by atoms with van der Waals surface area (Å²) in [5, 5.41) is 0. The molecule has 3 aromatic rings. The van der Waals surface area contributed by atoms with Crippen LogP contribution in [-0.2, 0) is 9.47 Å². The second-order valence-electron chi connectivity index (χ2n) is 8.47. The highest BCUT2D eigenvalue weighted by Crippen LogP contribution is 2.30. The van der Waals surface area contributed by atoms with Crippen molar-refractivity contribution >= 4 is 35.2 Å². The molecule has 9 heteroatoms. The normalized spacial score (nSPS) is 12.2. The summed E-state index contributed by atoms with van der Waals surface area (Å²) in [5.74, 6) is -2.42. The van der Waals surface area contributed by atoms with Crippen LogP contribution in [0.2, 0.25) is 0 Å². The highest BCUT2D eigenvalue weighted by atomic mass is 16.5. The van der Waals surface area contributed by atoms with E-state index in [1.54, 1.807) is 30.3 Å². The molecule has 0 radical (unpaired) electrons. The van der Waals surface area contributed by atoms with Crippen molar-refractivity contribution < 1.29 is 38.2 Å². The number of Topliss-reactive ketones (excluding diaryl/α,β-unsaturated/α-hetero) is 1. The van der Waals surface area contributed by atoms with Crippen molar-refractivity contribution in [1.29, 1.82) is 0 Å². The average Bonchev–Trinajstić information content (AvgIpc) is 3.20. The van der Waals surface area contributed by atoms with Gasteiger partial charge in [-0.15, -0.1) is 0 Å². The van der Waals surface area contributed by atoms with Gasteiger partial charge in [-0.2, -0.15) is 0 Å². The van der Waals surface area contributed by atoms with Gasteiger partial charge in [0.25, 0.3) is 11.8 Å². The van der Waals surface area contributed by atoms with Gasteiger partial charge in [0.15, 0.2) is 12.4 Å². The van der Waals surface area contributed by atoms with E-state index < -0.39 is 36.1 Å². The van der Waals surface area contributed by atoms with Gasteiger partial charge < -0.3 is 14.2 Å². The number of nitrogens with zero attached hydrogens (tertiary/aromatic N) is 1. The molecule has 1 aliphatic rings. The predicted molar refractivity (Wildman–Crippen MR) is 137 cm³/mol. The fraction of sp³-hybridized carbons (Fsp3) is 0.207. The van der Waals surface area contributed by atoms with Crippen molar-refractivity contribution in [1.82, 2.24) is 0 Å². The first kappa shape index (κ1) is 26.3. The zero-order valence-electron chi connectivity index (χ0n) is 20.9. The van der Waals surface area contributed by atoms with Crippen LogP contribution in [0.1, 0.15) is 71.6 Å². The van der Waals surface area contributed by atoms with Crippen molar-refractivity contribution in [2.75, 3.05) is 25.2 Å². The zero-order valence-corrected chi connectivity index (χ0v) is 20.9. The van der Waals surface area contributed by atoms with E-state index in [1.165, 1.54) is 43.5 Å². The van der Waals surface area contributed by atoms with E-state index in [1.807, 2.05) is 6.92 Å². The van der Waals surface area contributed by atoms with E-state index in [9.17, 15) is 24.0 Å². The van der Waals surface area contributed by atoms with Crippen LogP contribution in [0.15, 0.2) is 66.7 Å². The van der Waals surface area contributed by atoms with Crippen LogP contribution >= 0.6 is 0 Å². The molecule has 1 aliphatic heterocycles. The van der Waals surface area contributed by atoms with Crippen LogP contribution in [-0.4, -0.2) is 49.9 Å². The largest absolute Gasteiger partial charge is 0.497 e. The number of ketones is 1. The summed E-state index contributed by atoms with van der Waals surface area (Å²) in [6.45, 7) is 1.75. The third kappa shape index (κ3) is 5.46. The molecule has 0 bridgehead atoms. The Labute approximate surface area is 218 Å². The smallest absolute Gasteiger partial charge is 0.338 e. The quantitative estimate of drug-likeness (QED) is 0.168. The number of benzene rings is 3. The lowest BCUT2D eigenvalue weighted by Gasteiger charge is -2.14. The number of rotatable bonds is 10. The second-order valence-corrected chi connectivity index (χ2v) is 8.47. The van der Waals surface area contributed by atoms with Gasteiger partial charge in [-0.3, -0.25) is 14.4 Å². The molecule has 0 fully saturated rings. The van der Waals surface area contributed by atoms with Gasteiger partial charge in [-0.05, 0) is 67.1 Å². The third-order valence-corrected chi connectivity index (χ3v) is 5.94. The Morgan fingerprint density at radius 2 is 1.42 bits per heavy atom. The number of fused-ring (bicyclic) bond motifs is 1. The van der Waals surface area contributed by atoms with Gasteiger partial charge in [0.1, 0.15) is 5.75 Å². The molecule has 2 amide bonds. The first-order valence-corrected chi connectivity index (χ1v) is 12.0. The molecule has 0 N–H and O–H groups in total. The molecule has 3 aromatic carbocycles. The average molecular weight is 516 g/mol. The number of ether oxygens (including phenoxy) is 3. The van der Waals surface area contributed by atoms with Gasteiger partial charge in [0.05, 0.1) is 41.7 Å². The van der Waals surface area contributed by atoms with E-state index in [0.717, 1.165) is 17.7 Å². The summed E-state index contributed by atoms with van der Waals surface area (Å²) in [6, 6.07) is 16.4. The van der Waals surface area contributed by atoms with Crippen molar-refractivity contribution in [3.05, 3.63) is 94.5 Å². The van der Waals surface area contributed by atoms with Gasteiger partial charge in [-0.1, -0.05) is 19.4 Å². The van der Waals surface area contributed by atoms with Gasteiger partial charge in [0.2, 0.25) is 0 Å². The number of imide groups is 1. The summed E-state index contributed by atoms with van der Waals surface area (Å²) in [7, 11) is 1.51. The number of hydrogen-bond donors (Lipinski definition) is 0. The van der Waals surface area contributed by atoms with Crippen molar-refractivity contribution in [3.63, 3.8) is 0 Å². The summed E-state index contributed by atoms with van der Waals surface area (Å²) >= 11 is 0. The standard InChI is InChI=1S/C29H25NO8/c1-3-4-14-37-28(34)19-6-5-7-21(15-19)30-26(32)23-13-10-20(16-24(23)27(30)33)29(35)38-17-25(31)18-8-11-22(36-2)12-9-18/h5-13,15-16H,3-4,14,17H2,1-2H3. The minimum atomic E-state index is -0.815. The summed E-state index contributed by atoms with van der Waals surface area (Å²) in [4.78, 5) is 64.4. The minimum absolute atomic E-state index is 0.0156. The fourth-order valence-corrected chi connectivity index (χ4v) is 3.84. The summed E-state index contributed by atoms with van der Waals surface area (Å²) in [5.41, 5.74) is 0.901. The number of amides is 2. The Balaban J connectivity index is 1.46. The summed E-state index contributed by atoms with van der Waals surface area (Å²) in [6.07, 6.45) is 1.60. The first-order chi connectivity index (χ1) is 18.3. The fourth-order valence-electron chi connectivity index (χ4n) is 3.84. The number of hydrogen-bond acceptors (Lipinski definition) is 8. The molecule has 0 atom stereocenters. The van der Waals surface area contributed by atoms with Gasteiger partial charge in [0, 0.05) is 5.56 Å². The molecule has 0 aliphatic carbocycles. The minimum Gasteiger partial charge on any atom is -0.497 e. The van der Waals surface area contributed by atoms with E-state index in [0.29, 0.717) is 11.3 Å². The molecule has 0 aromatic heterocycles. The summed E-state index contributed by atoms with van der Waals surface area (Å²) < 4.78 is 15.4. The van der Waals surface area contributed by atoms with E-state index in [4.69, 9.17) is 14.2 Å². The number of esters is 2. The number of carbonyl (C=O) groups is 5. The molecule has 38 heavy (non-hydrogen) atoms. The van der Waals surface area contributed by atoms with Crippen LogP contribution in [0.3, 0.4) is 0 Å². The lowest BCUT2D eigenvalue weighted by atomic mass is 10.1. The highest BCUT2D eigenvalue weighted by Gasteiger charge is 2.37. The van der Waals surface area contributed by atoms with Crippen LogP contribution in [0.25, 0.3) is 0 Å². The molecular formula is C29H25NO8. The van der Waals surface area contributed by atoms with E-state index in [2.05, 4.69) is 0 Å². The van der Waals surface area contributed by atoms with Crippen molar-refractivity contribution in [2.24, 2.45) is 0 Å².